The lowest BCUT2D eigenvalue weighted by molar-refractivity contribution is -0.137. The molecule has 2 aromatic heterocycles. The molecule has 13 heteroatoms. The molecule has 0 N–H and O–H groups in total. The van der Waals surface area contributed by atoms with Crippen LogP contribution in [-0.4, -0.2) is 65.7 Å². The maximum atomic E-state index is 13.9. The summed E-state index contributed by atoms with van der Waals surface area (Å²) in [5.74, 6) is -1.09. The molecule has 0 spiro atoms. The molecule has 1 saturated heterocycles. The second-order valence-corrected chi connectivity index (χ2v) is 8.93. The first-order chi connectivity index (χ1) is 18.0. The number of aromatic nitrogens is 4. The Bertz CT molecular complexity index is 1270. The lowest BCUT2D eigenvalue weighted by Gasteiger charge is -2.41. The molecule has 1 aromatic carbocycles. The van der Waals surface area contributed by atoms with Gasteiger partial charge in [0.25, 0.3) is 0 Å². The Morgan fingerprint density at radius 3 is 2.32 bits per heavy atom. The van der Waals surface area contributed by atoms with Gasteiger partial charge in [0.2, 0.25) is 17.8 Å². The molecule has 4 rings (SSSR count). The van der Waals surface area contributed by atoms with Crippen molar-refractivity contribution in [1.29, 1.82) is 0 Å². The molecule has 0 bridgehead atoms. The number of benzene rings is 1. The van der Waals surface area contributed by atoms with E-state index in [0.717, 1.165) is 18.2 Å². The van der Waals surface area contributed by atoms with Crippen molar-refractivity contribution in [2.24, 2.45) is 0 Å². The summed E-state index contributed by atoms with van der Waals surface area (Å²) in [4.78, 5) is 24.9. The number of pyridine rings is 1. The van der Waals surface area contributed by atoms with E-state index in [4.69, 9.17) is 0 Å². The summed E-state index contributed by atoms with van der Waals surface area (Å²) >= 11 is 0. The minimum Gasteiger partial charge on any atom is -0.352 e. The van der Waals surface area contributed by atoms with E-state index in [9.17, 15) is 22.0 Å². The molecule has 1 aliphatic rings. The number of alkyl halides is 3. The highest BCUT2D eigenvalue weighted by molar-refractivity contribution is 5.59. The van der Waals surface area contributed by atoms with Crippen LogP contribution in [0.1, 0.15) is 26.3 Å². The number of anilines is 5. The molecule has 0 aliphatic carbocycles. The maximum Gasteiger partial charge on any atom is 0.419 e. The SMILES string of the molecule is CCN(CC)c1nc(N(C)c2ccc(F)c(F)c2)nc(N2CCN(c3ncccc3C(F)(F)F)C[C@H]2C)n1. The number of nitrogens with zero attached hydrogens (tertiary/aromatic N) is 8. The highest BCUT2D eigenvalue weighted by atomic mass is 19.4. The van der Waals surface area contributed by atoms with Gasteiger partial charge in [0.15, 0.2) is 11.6 Å². The standard InChI is InChI=1S/C25H29F5N8/c1-5-36(6-2)23-32-22(35(4)17-9-10-19(26)20(27)14-17)33-24(34-23)38-13-12-37(15-16(38)3)21-18(25(28,29)30)8-7-11-31-21/h7-11,14,16H,5-6,12-13,15H2,1-4H3/t16-/m1/s1. The zero-order valence-electron chi connectivity index (χ0n) is 21.5. The predicted molar refractivity (Wildman–Crippen MR) is 136 cm³/mol. The lowest BCUT2D eigenvalue weighted by Crippen LogP contribution is -2.53. The number of halogens is 5. The van der Waals surface area contributed by atoms with Crippen molar-refractivity contribution in [3.63, 3.8) is 0 Å². The van der Waals surface area contributed by atoms with E-state index in [0.29, 0.717) is 37.2 Å². The van der Waals surface area contributed by atoms with E-state index in [1.165, 1.54) is 23.2 Å². The average molecular weight is 537 g/mol. The van der Waals surface area contributed by atoms with Crippen molar-refractivity contribution in [3.05, 3.63) is 53.7 Å². The fraction of sp³-hybridized carbons (Fsp3) is 0.440. The second kappa shape index (κ2) is 10.9. The van der Waals surface area contributed by atoms with Crippen LogP contribution in [0.25, 0.3) is 0 Å². The van der Waals surface area contributed by atoms with Crippen LogP contribution < -0.4 is 19.6 Å². The zero-order valence-corrected chi connectivity index (χ0v) is 21.5. The minimum absolute atomic E-state index is 0.107. The van der Waals surface area contributed by atoms with Gasteiger partial charge in [-0.05, 0) is 45.0 Å². The van der Waals surface area contributed by atoms with Gasteiger partial charge in [-0.25, -0.2) is 13.8 Å². The van der Waals surface area contributed by atoms with Crippen LogP contribution in [0, 0.1) is 11.6 Å². The van der Waals surface area contributed by atoms with Gasteiger partial charge in [-0.2, -0.15) is 28.1 Å². The number of hydrogen-bond acceptors (Lipinski definition) is 8. The first-order valence-corrected chi connectivity index (χ1v) is 12.3. The summed E-state index contributed by atoms with van der Waals surface area (Å²) in [7, 11) is 1.64. The Morgan fingerprint density at radius 1 is 0.974 bits per heavy atom. The molecular weight excluding hydrogens is 507 g/mol. The second-order valence-electron chi connectivity index (χ2n) is 8.93. The molecule has 1 fully saturated rings. The molecule has 1 aliphatic heterocycles. The average Bonchev–Trinajstić information content (AvgIpc) is 2.90. The first-order valence-electron chi connectivity index (χ1n) is 12.3. The maximum absolute atomic E-state index is 13.9. The summed E-state index contributed by atoms with van der Waals surface area (Å²) in [6, 6.07) is 5.55. The van der Waals surface area contributed by atoms with Crippen molar-refractivity contribution in [2.45, 2.75) is 33.0 Å². The largest absolute Gasteiger partial charge is 0.419 e. The van der Waals surface area contributed by atoms with Crippen LogP contribution in [0.4, 0.5) is 51.3 Å². The Kier molecular flexibility index (Phi) is 7.83. The highest BCUT2D eigenvalue weighted by Gasteiger charge is 2.37. The fourth-order valence-corrected chi connectivity index (χ4v) is 4.40. The van der Waals surface area contributed by atoms with Gasteiger partial charge in [0.05, 0.1) is 5.56 Å². The van der Waals surface area contributed by atoms with Gasteiger partial charge < -0.3 is 19.6 Å². The summed E-state index contributed by atoms with van der Waals surface area (Å²) < 4.78 is 68.2. The quantitative estimate of drug-likeness (QED) is 0.396. The van der Waals surface area contributed by atoms with Crippen molar-refractivity contribution in [3.8, 4) is 0 Å². The van der Waals surface area contributed by atoms with Crippen molar-refractivity contribution in [2.75, 3.05) is 59.4 Å². The smallest absolute Gasteiger partial charge is 0.352 e. The topological polar surface area (TPSA) is 64.5 Å². The van der Waals surface area contributed by atoms with E-state index in [1.807, 2.05) is 30.6 Å². The zero-order chi connectivity index (χ0) is 27.6. The summed E-state index contributed by atoms with van der Waals surface area (Å²) in [5.41, 5.74) is -0.431. The van der Waals surface area contributed by atoms with Crippen LogP contribution in [0.3, 0.4) is 0 Å². The van der Waals surface area contributed by atoms with Crippen LogP contribution in [0.5, 0.6) is 0 Å². The van der Waals surface area contributed by atoms with Gasteiger partial charge in [-0.1, -0.05) is 0 Å². The monoisotopic (exact) mass is 536 g/mol. The molecule has 3 heterocycles. The van der Waals surface area contributed by atoms with Crippen molar-refractivity contribution in [1.82, 2.24) is 19.9 Å². The van der Waals surface area contributed by atoms with Crippen molar-refractivity contribution >= 4 is 29.4 Å². The summed E-state index contributed by atoms with van der Waals surface area (Å²) in [6.45, 7) is 7.91. The molecule has 0 saturated carbocycles. The number of hydrogen-bond donors (Lipinski definition) is 0. The third-order valence-electron chi connectivity index (χ3n) is 6.51. The van der Waals surface area contributed by atoms with Crippen LogP contribution >= 0.6 is 0 Å². The summed E-state index contributed by atoms with van der Waals surface area (Å²) in [6.07, 6.45) is -3.17. The van der Waals surface area contributed by atoms with Gasteiger partial charge in [0, 0.05) is 63.8 Å². The molecule has 0 amide bonds. The molecule has 0 radical (unpaired) electrons. The fourth-order valence-electron chi connectivity index (χ4n) is 4.40. The Balaban J connectivity index is 1.67. The normalized spacial score (nSPS) is 16.1. The van der Waals surface area contributed by atoms with Crippen LogP contribution in [0.15, 0.2) is 36.5 Å². The molecule has 204 valence electrons. The molecule has 1 atom stereocenters. The third-order valence-corrected chi connectivity index (χ3v) is 6.51. The molecule has 8 nitrogen and oxygen atoms in total. The van der Waals surface area contributed by atoms with Gasteiger partial charge >= 0.3 is 6.18 Å². The Hall–Kier alpha value is -3.77. The third kappa shape index (κ3) is 5.55. The van der Waals surface area contributed by atoms with E-state index in [-0.39, 0.29) is 30.9 Å². The van der Waals surface area contributed by atoms with Gasteiger partial charge in [-0.3, -0.25) is 0 Å². The van der Waals surface area contributed by atoms with Crippen LogP contribution in [-0.2, 0) is 6.18 Å². The number of rotatable bonds is 7. The molecule has 3 aromatic rings. The highest BCUT2D eigenvalue weighted by Crippen LogP contribution is 2.36. The van der Waals surface area contributed by atoms with Gasteiger partial charge in [-0.15, -0.1) is 0 Å². The Morgan fingerprint density at radius 2 is 1.68 bits per heavy atom. The predicted octanol–water partition coefficient (Wildman–Crippen LogP) is 4.89. The van der Waals surface area contributed by atoms with Gasteiger partial charge in [0.1, 0.15) is 5.82 Å². The molecule has 38 heavy (non-hydrogen) atoms. The first kappa shape index (κ1) is 27.3. The van der Waals surface area contributed by atoms with E-state index in [2.05, 4.69) is 19.9 Å². The van der Waals surface area contributed by atoms with E-state index in [1.54, 1.807) is 11.9 Å². The van der Waals surface area contributed by atoms with E-state index >= 15 is 0 Å². The van der Waals surface area contributed by atoms with E-state index < -0.39 is 23.4 Å². The molecule has 0 unspecified atom stereocenters. The minimum atomic E-state index is -4.52. The number of piperazine rings is 1. The van der Waals surface area contributed by atoms with Crippen LogP contribution in [0.2, 0.25) is 0 Å². The summed E-state index contributed by atoms with van der Waals surface area (Å²) in [5, 5.41) is 0. The lowest BCUT2D eigenvalue weighted by atomic mass is 10.1. The van der Waals surface area contributed by atoms with Crippen molar-refractivity contribution < 1.29 is 22.0 Å². The Labute approximate surface area is 217 Å². The molecular formula is C25H29F5N8.